The van der Waals surface area contributed by atoms with Gasteiger partial charge in [0.2, 0.25) is 0 Å². The van der Waals surface area contributed by atoms with E-state index in [1.54, 1.807) is 37.4 Å². The molecule has 3 aromatic rings. The van der Waals surface area contributed by atoms with Gasteiger partial charge in [0.15, 0.2) is 5.76 Å². The standard InChI is InChI=1S/C19H18N2O3/c1-12-7-4-5-8-13(12)14-11-15(16-9-6-10-24-16)20-18(21(2)3)17(14)19(22)23/h4-11H,1-3H3,(H,22,23). The largest absolute Gasteiger partial charge is 0.478 e. The van der Waals surface area contributed by atoms with Crippen LogP contribution in [0.5, 0.6) is 0 Å². The predicted octanol–water partition coefficient (Wildman–Crippen LogP) is 4.08. The van der Waals surface area contributed by atoms with Gasteiger partial charge in [0.25, 0.3) is 0 Å². The molecule has 0 aliphatic carbocycles. The average Bonchev–Trinajstić information content (AvgIpc) is 3.08. The molecule has 0 unspecified atom stereocenters. The van der Waals surface area contributed by atoms with Gasteiger partial charge in [0.05, 0.1) is 6.26 Å². The van der Waals surface area contributed by atoms with Crippen molar-refractivity contribution in [1.29, 1.82) is 0 Å². The Balaban J connectivity index is 2.36. The Morgan fingerprint density at radius 2 is 1.88 bits per heavy atom. The van der Waals surface area contributed by atoms with Crippen LogP contribution < -0.4 is 4.90 Å². The van der Waals surface area contributed by atoms with Crippen molar-refractivity contribution in [1.82, 2.24) is 4.98 Å². The van der Waals surface area contributed by atoms with Crippen LogP contribution in [0.15, 0.2) is 53.1 Å². The first-order valence-electron chi connectivity index (χ1n) is 7.54. The number of benzene rings is 1. The first-order chi connectivity index (χ1) is 11.5. The van der Waals surface area contributed by atoms with Crippen molar-refractivity contribution in [3.05, 3.63) is 59.9 Å². The molecule has 122 valence electrons. The molecule has 0 bridgehead atoms. The van der Waals surface area contributed by atoms with Gasteiger partial charge in [-0.1, -0.05) is 24.3 Å². The molecule has 0 aliphatic heterocycles. The van der Waals surface area contributed by atoms with E-state index in [1.807, 2.05) is 37.3 Å². The SMILES string of the molecule is Cc1ccccc1-c1cc(-c2ccco2)nc(N(C)C)c1C(=O)O. The summed E-state index contributed by atoms with van der Waals surface area (Å²) in [4.78, 5) is 18.1. The number of pyridine rings is 1. The highest BCUT2D eigenvalue weighted by atomic mass is 16.4. The van der Waals surface area contributed by atoms with Crippen LogP contribution in [0.2, 0.25) is 0 Å². The summed E-state index contributed by atoms with van der Waals surface area (Å²) in [7, 11) is 3.56. The van der Waals surface area contributed by atoms with E-state index in [1.165, 1.54) is 0 Å². The lowest BCUT2D eigenvalue weighted by Crippen LogP contribution is -2.17. The molecular formula is C19H18N2O3. The Morgan fingerprint density at radius 1 is 1.12 bits per heavy atom. The van der Waals surface area contributed by atoms with E-state index in [0.717, 1.165) is 11.1 Å². The molecule has 5 heteroatoms. The Kier molecular flexibility index (Phi) is 4.08. The first-order valence-corrected chi connectivity index (χ1v) is 7.54. The minimum absolute atomic E-state index is 0.185. The molecule has 0 aliphatic rings. The summed E-state index contributed by atoms with van der Waals surface area (Å²) in [6.07, 6.45) is 1.57. The zero-order valence-electron chi connectivity index (χ0n) is 13.8. The highest BCUT2D eigenvalue weighted by molar-refractivity contribution is 6.02. The van der Waals surface area contributed by atoms with Crippen LogP contribution in [0.4, 0.5) is 5.82 Å². The van der Waals surface area contributed by atoms with Crippen molar-refractivity contribution in [2.45, 2.75) is 6.92 Å². The molecule has 1 N–H and O–H groups in total. The van der Waals surface area contributed by atoms with Crippen molar-refractivity contribution in [2.75, 3.05) is 19.0 Å². The number of hydrogen-bond donors (Lipinski definition) is 1. The third-order valence-corrected chi connectivity index (χ3v) is 3.85. The van der Waals surface area contributed by atoms with E-state index >= 15 is 0 Å². The summed E-state index contributed by atoms with van der Waals surface area (Å²) in [5.41, 5.74) is 3.29. The Bertz CT molecular complexity index is 884. The highest BCUT2D eigenvalue weighted by Gasteiger charge is 2.23. The van der Waals surface area contributed by atoms with Gasteiger partial charge in [0, 0.05) is 19.7 Å². The van der Waals surface area contributed by atoms with Crippen molar-refractivity contribution >= 4 is 11.8 Å². The smallest absolute Gasteiger partial charge is 0.340 e. The fraction of sp³-hybridized carbons (Fsp3) is 0.158. The molecule has 0 saturated carbocycles. The summed E-state index contributed by atoms with van der Waals surface area (Å²) >= 11 is 0. The maximum atomic E-state index is 11.9. The van der Waals surface area contributed by atoms with Gasteiger partial charge in [-0.3, -0.25) is 0 Å². The van der Waals surface area contributed by atoms with Crippen molar-refractivity contribution in [3.63, 3.8) is 0 Å². The summed E-state index contributed by atoms with van der Waals surface area (Å²) < 4.78 is 5.45. The summed E-state index contributed by atoms with van der Waals surface area (Å²) in [5.74, 6) is -0.00465. The molecule has 0 amide bonds. The zero-order valence-corrected chi connectivity index (χ0v) is 13.8. The van der Waals surface area contributed by atoms with E-state index in [-0.39, 0.29) is 5.56 Å². The second-order valence-corrected chi connectivity index (χ2v) is 5.75. The molecule has 24 heavy (non-hydrogen) atoms. The summed E-state index contributed by atoms with van der Waals surface area (Å²) in [5, 5.41) is 9.78. The van der Waals surface area contributed by atoms with Crippen LogP contribution >= 0.6 is 0 Å². The zero-order chi connectivity index (χ0) is 17.3. The number of hydrogen-bond acceptors (Lipinski definition) is 4. The van der Waals surface area contributed by atoms with Crippen LogP contribution in [0, 0.1) is 6.92 Å². The van der Waals surface area contributed by atoms with E-state index in [9.17, 15) is 9.90 Å². The van der Waals surface area contributed by atoms with E-state index < -0.39 is 5.97 Å². The molecule has 2 heterocycles. The van der Waals surface area contributed by atoms with E-state index in [2.05, 4.69) is 4.98 Å². The predicted molar refractivity (Wildman–Crippen MR) is 93.4 cm³/mol. The van der Waals surface area contributed by atoms with Gasteiger partial charge in [-0.25, -0.2) is 9.78 Å². The van der Waals surface area contributed by atoms with Crippen LogP contribution in [0.1, 0.15) is 15.9 Å². The Labute approximate surface area is 140 Å². The second kappa shape index (κ2) is 6.20. The lowest BCUT2D eigenvalue weighted by molar-refractivity contribution is 0.0698. The van der Waals surface area contributed by atoms with Crippen LogP contribution in [-0.2, 0) is 0 Å². The second-order valence-electron chi connectivity index (χ2n) is 5.75. The van der Waals surface area contributed by atoms with Crippen molar-refractivity contribution in [3.8, 4) is 22.6 Å². The van der Waals surface area contributed by atoms with E-state index in [4.69, 9.17) is 4.42 Å². The maximum Gasteiger partial charge on any atom is 0.340 e. The molecule has 3 rings (SSSR count). The van der Waals surface area contributed by atoms with Crippen LogP contribution in [0.25, 0.3) is 22.6 Å². The average molecular weight is 322 g/mol. The normalized spacial score (nSPS) is 10.6. The maximum absolute atomic E-state index is 11.9. The number of furan rings is 1. The molecule has 1 aromatic carbocycles. The molecule has 0 radical (unpaired) electrons. The third kappa shape index (κ3) is 2.76. The van der Waals surface area contributed by atoms with Crippen molar-refractivity contribution in [2.24, 2.45) is 0 Å². The molecule has 5 nitrogen and oxygen atoms in total. The number of rotatable bonds is 4. The number of anilines is 1. The molecule has 0 fully saturated rings. The fourth-order valence-corrected chi connectivity index (χ4v) is 2.70. The van der Waals surface area contributed by atoms with Crippen LogP contribution in [-0.4, -0.2) is 30.2 Å². The lowest BCUT2D eigenvalue weighted by Gasteiger charge is -2.19. The monoisotopic (exact) mass is 322 g/mol. The molecule has 0 spiro atoms. The number of aryl methyl sites for hydroxylation is 1. The third-order valence-electron chi connectivity index (χ3n) is 3.85. The minimum atomic E-state index is -1.00. The topological polar surface area (TPSA) is 66.6 Å². The van der Waals surface area contributed by atoms with E-state index in [0.29, 0.717) is 22.8 Å². The van der Waals surface area contributed by atoms with Gasteiger partial charge in [-0.15, -0.1) is 0 Å². The van der Waals surface area contributed by atoms with Gasteiger partial charge in [-0.05, 0) is 36.2 Å². The molecular weight excluding hydrogens is 304 g/mol. The van der Waals surface area contributed by atoms with Gasteiger partial charge < -0.3 is 14.4 Å². The van der Waals surface area contributed by atoms with Gasteiger partial charge >= 0.3 is 5.97 Å². The number of carbonyl (C=O) groups is 1. The molecule has 0 atom stereocenters. The Morgan fingerprint density at radius 3 is 2.46 bits per heavy atom. The number of carboxylic acid groups (broad SMARTS) is 1. The quantitative estimate of drug-likeness (QED) is 0.784. The number of aromatic carboxylic acids is 1. The first kappa shape index (κ1) is 15.8. The lowest BCUT2D eigenvalue weighted by atomic mass is 9.95. The Hall–Kier alpha value is -3.08. The highest BCUT2D eigenvalue weighted by Crippen LogP contribution is 2.35. The van der Waals surface area contributed by atoms with Gasteiger partial charge in [-0.2, -0.15) is 0 Å². The summed E-state index contributed by atoms with van der Waals surface area (Å²) in [6.45, 7) is 1.96. The molecule has 0 saturated heterocycles. The number of carboxylic acids is 1. The number of nitrogens with zero attached hydrogens (tertiary/aromatic N) is 2. The minimum Gasteiger partial charge on any atom is -0.478 e. The van der Waals surface area contributed by atoms with Gasteiger partial charge in [0.1, 0.15) is 17.1 Å². The van der Waals surface area contributed by atoms with Crippen molar-refractivity contribution < 1.29 is 14.3 Å². The number of aromatic nitrogens is 1. The molecule has 2 aromatic heterocycles. The summed E-state index contributed by atoms with van der Waals surface area (Å²) in [6, 6.07) is 13.1. The fourth-order valence-electron chi connectivity index (χ4n) is 2.70. The van der Waals surface area contributed by atoms with Crippen LogP contribution in [0.3, 0.4) is 0 Å².